The molecule has 0 unspecified atom stereocenters. The van der Waals surface area contributed by atoms with Gasteiger partial charge < -0.3 is 0 Å². The van der Waals surface area contributed by atoms with Gasteiger partial charge in [-0.2, -0.15) is 0 Å². The monoisotopic (exact) mass is 452 g/mol. The van der Waals surface area contributed by atoms with E-state index in [2.05, 4.69) is 20.8 Å². The van der Waals surface area contributed by atoms with E-state index in [-0.39, 0.29) is 11.8 Å². The van der Waals surface area contributed by atoms with Crippen LogP contribution in [0.4, 0.5) is 0 Å². The number of amides is 2. The van der Waals surface area contributed by atoms with Crippen LogP contribution in [0.15, 0.2) is 64.6 Å². The van der Waals surface area contributed by atoms with Gasteiger partial charge in [-0.1, -0.05) is 43.0 Å². The zero-order chi connectivity index (χ0) is 22.2. The maximum atomic E-state index is 12.4. The number of nitrogens with one attached hydrogen (secondary N) is 2. The van der Waals surface area contributed by atoms with Crippen molar-refractivity contribution < 1.29 is 9.59 Å². The Morgan fingerprint density at radius 1 is 0.871 bits per heavy atom. The molecular formula is C23H24N4O2S2. The van der Waals surface area contributed by atoms with Gasteiger partial charge in [0, 0.05) is 27.6 Å². The number of hydrogen-bond acceptors (Lipinski definition) is 6. The number of aryl methyl sites for hydroxylation is 2. The number of hydrazine groups is 1. The SMILES string of the molecule is CCSc1ccccc1C(=O)NNC(=O)c1ccc(CSc2nc(C)cc(C)n2)cc1. The molecule has 0 spiro atoms. The molecule has 0 aliphatic carbocycles. The highest BCUT2D eigenvalue weighted by molar-refractivity contribution is 7.99. The number of carbonyl (C=O) groups is 2. The molecule has 160 valence electrons. The third-order valence-corrected chi connectivity index (χ3v) is 6.14. The molecule has 1 aromatic heterocycles. The molecule has 0 radical (unpaired) electrons. The molecule has 0 bridgehead atoms. The molecule has 3 rings (SSSR count). The lowest BCUT2D eigenvalue weighted by molar-refractivity contribution is 0.0845. The van der Waals surface area contributed by atoms with Crippen molar-refractivity contribution in [2.45, 2.75) is 36.6 Å². The summed E-state index contributed by atoms with van der Waals surface area (Å²) in [4.78, 5) is 34.6. The van der Waals surface area contributed by atoms with Gasteiger partial charge in [0.25, 0.3) is 11.8 Å². The van der Waals surface area contributed by atoms with E-state index in [4.69, 9.17) is 0 Å². The smallest absolute Gasteiger partial charge is 0.267 e. The van der Waals surface area contributed by atoms with Gasteiger partial charge in [-0.15, -0.1) is 11.8 Å². The molecule has 0 atom stereocenters. The Balaban J connectivity index is 1.55. The van der Waals surface area contributed by atoms with Crippen molar-refractivity contribution in [3.05, 3.63) is 82.7 Å². The lowest BCUT2D eigenvalue weighted by Gasteiger charge is -2.10. The molecule has 2 aromatic carbocycles. The largest absolute Gasteiger partial charge is 0.270 e. The first-order chi connectivity index (χ1) is 15.0. The van der Waals surface area contributed by atoms with E-state index in [1.54, 1.807) is 47.8 Å². The summed E-state index contributed by atoms with van der Waals surface area (Å²) in [5.41, 5.74) is 8.93. The van der Waals surface area contributed by atoms with E-state index < -0.39 is 0 Å². The van der Waals surface area contributed by atoms with E-state index in [1.165, 1.54) is 0 Å². The van der Waals surface area contributed by atoms with Gasteiger partial charge in [0.05, 0.1) is 5.56 Å². The summed E-state index contributed by atoms with van der Waals surface area (Å²) in [6, 6.07) is 16.5. The Labute approximate surface area is 190 Å². The van der Waals surface area contributed by atoms with Gasteiger partial charge in [-0.3, -0.25) is 20.4 Å². The van der Waals surface area contributed by atoms with E-state index in [1.807, 2.05) is 51.1 Å². The molecule has 31 heavy (non-hydrogen) atoms. The highest BCUT2D eigenvalue weighted by Gasteiger charge is 2.13. The predicted molar refractivity (Wildman–Crippen MR) is 125 cm³/mol. The van der Waals surface area contributed by atoms with Gasteiger partial charge >= 0.3 is 0 Å². The second-order valence-electron chi connectivity index (χ2n) is 6.76. The van der Waals surface area contributed by atoms with Crippen LogP contribution in [0.25, 0.3) is 0 Å². The van der Waals surface area contributed by atoms with Crippen LogP contribution in [0.1, 0.15) is 44.6 Å². The molecule has 1 heterocycles. The summed E-state index contributed by atoms with van der Waals surface area (Å²) in [5, 5.41) is 0.739. The highest BCUT2D eigenvalue weighted by Crippen LogP contribution is 2.22. The number of nitrogens with zero attached hydrogens (tertiary/aromatic N) is 2. The molecular weight excluding hydrogens is 428 g/mol. The fourth-order valence-corrected chi connectivity index (χ4v) is 4.55. The first-order valence-electron chi connectivity index (χ1n) is 9.83. The lowest BCUT2D eigenvalue weighted by Crippen LogP contribution is -2.41. The number of carbonyl (C=O) groups excluding carboxylic acids is 2. The summed E-state index contributed by atoms with van der Waals surface area (Å²) in [7, 11) is 0. The van der Waals surface area contributed by atoms with Crippen molar-refractivity contribution in [2.24, 2.45) is 0 Å². The van der Waals surface area contributed by atoms with Crippen LogP contribution in [0.3, 0.4) is 0 Å². The van der Waals surface area contributed by atoms with Gasteiger partial charge in [0.1, 0.15) is 0 Å². The van der Waals surface area contributed by atoms with Gasteiger partial charge in [0.15, 0.2) is 5.16 Å². The van der Waals surface area contributed by atoms with Crippen LogP contribution >= 0.6 is 23.5 Å². The normalized spacial score (nSPS) is 10.5. The van der Waals surface area contributed by atoms with Crippen LogP contribution in [0.2, 0.25) is 0 Å². The maximum absolute atomic E-state index is 12.4. The molecule has 3 aromatic rings. The summed E-state index contributed by atoms with van der Waals surface area (Å²) in [5.74, 6) is 0.849. The van der Waals surface area contributed by atoms with Gasteiger partial charge in [0.2, 0.25) is 0 Å². The third-order valence-electron chi connectivity index (χ3n) is 4.27. The molecule has 6 nitrogen and oxygen atoms in total. The Morgan fingerprint density at radius 3 is 2.19 bits per heavy atom. The van der Waals surface area contributed by atoms with Gasteiger partial charge in [-0.05, 0) is 55.5 Å². The van der Waals surface area contributed by atoms with E-state index in [9.17, 15) is 9.59 Å². The summed E-state index contributed by atoms with van der Waals surface area (Å²) in [6.45, 7) is 5.93. The summed E-state index contributed by atoms with van der Waals surface area (Å²) < 4.78 is 0. The van der Waals surface area contributed by atoms with Crippen molar-refractivity contribution in [1.29, 1.82) is 0 Å². The van der Waals surface area contributed by atoms with E-state index >= 15 is 0 Å². The van der Waals surface area contributed by atoms with Crippen molar-refractivity contribution >= 4 is 35.3 Å². The number of hydrogen-bond donors (Lipinski definition) is 2. The standard InChI is InChI=1S/C23H24N4O2S2/c1-4-30-20-8-6-5-7-19(20)22(29)27-26-21(28)18-11-9-17(10-12-18)14-31-23-24-15(2)13-16(3)25-23/h5-13H,4,14H2,1-3H3,(H,26,28)(H,27,29). The molecule has 2 N–H and O–H groups in total. The van der Waals surface area contributed by atoms with Crippen LogP contribution < -0.4 is 10.9 Å². The van der Waals surface area contributed by atoms with Crippen LogP contribution in [0.5, 0.6) is 0 Å². The molecule has 0 saturated heterocycles. The minimum absolute atomic E-state index is 0.341. The zero-order valence-corrected chi connectivity index (χ0v) is 19.3. The number of aromatic nitrogens is 2. The molecule has 0 aliphatic rings. The number of benzene rings is 2. The second kappa shape index (κ2) is 11.0. The quantitative estimate of drug-likeness (QED) is 0.310. The van der Waals surface area contributed by atoms with E-state index in [0.29, 0.717) is 16.9 Å². The van der Waals surface area contributed by atoms with Crippen LogP contribution in [-0.2, 0) is 5.75 Å². The van der Waals surface area contributed by atoms with Crippen molar-refractivity contribution in [1.82, 2.24) is 20.8 Å². The van der Waals surface area contributed by atoms with E-state index in [0.717, 1.165) is 32.8 Å². The molecule has 2 amide bonds. The third kappa shape index (κ3) is 6.57. The number of thioether (sulfide) groups is 2. The molecule has 8 heteroatoms. The van der Waals surface area contributed by atoms with Crippen molar-refractivity contribution in [3.63, 3.8) is 0 Å². The Kier molecular flexibility index (Phi) is 8.08. The first-order valence-corrected chi connectivity index (χ1v) is 11.8. The molecule has 0 saturated carbocycles. The lowest BCUT2D eigenvalue weighted by atomic mass is 10.1. The van der Waals surface area contributed by atoms with Gasteiger partial charge in [-0.25, -0.2) is 9.97 Å². The first kappa shape index (κ1) is 22.8. The Hall–Kier alpha value is -2.84. The molecule has 0 aliphatic heterocycles. The summed E-state index contributed by atoms with van der Waals surface area (Å²) >= 11 is 3.13. The minimum atomic E-state index is -0.370. The fourth-order valence-electron chi connectivity index (χ4n) is 2.85. The molecule has 0 fully saturated rings. The van der Waals surface area contributed by atoms with Crippen LogP contribution in [0, 0.1) is 13.8 Å². The Bertz CT molecular complexity index is 1050. The summed E-state index contributed by atoms with van der Waals surface area (Å²) in [6.07, 6.45) is 0. The zero-order valence-electron chi connectivity index (χ0n) is 17.6. The average Bonchev–Trinajstić information content (AvgIpc) is 2.76. The number of rotatable bonds is 7. The minimum Gasteiger partial charge on any atom is -0.267 e. The Morgan fingerprint density at radius 2 is 1.52 bits per heavy atom. The van der Waals surface area contributed by atoms with Crippen molar-refractivity contribution in [2.75, 3.05) is 5.75 Å². The highest BCUT2D eigenvalue weighted by atomic mass is 32.2. The maximum Gasteiger partial charge on any atom is 0.270 e. The van der Waals surface area contributed by atoms with Crippen molar-refractivity contribution in [3.8, 4) is 0 Å². The second-order valence-corrected chi connectivity index (χ2v) is 9.00. The predicted octanol–water partition coefficient (Wildman–Crippen LogP) is 4.57. The van der Waals surface area contributed by atoms with Crippen LogP contribution in [-0.4, -0.2) is 27.5 Å². The fraction of sp³-hybridized carbons (Fsp3) is 0.217. The topological polar surface area (TPSA) is 84.0 Å². The average molecular weight is 453 g/mol.